The number of benzene rings is 1. The average Bonchev–Trinajstić information content (AvgIpc) is 2.38. The quantitative estimate of drug-likeness (QED) is 0.716. The molecule has 0 spiro atoms. The second kappa shape index (κ2) is 5.69. The number of carbonyl (C=O) groups excluding carboxylic acids is 2. The van der Waals surface area contributed by atoms with E-state index in [1.54, 1.807) is 11.8 Å². The first-order valence-corrected chi connectivity index (χ1v) is 6.97. The van der Waals surface area contributed by atoms with Crippen molar-refractivity contribution >= 4 is 34.4 Å². The topological polar surface area (TPSA) is 40.6 Å². The minimum atomic E-state index is 0.0585. The van der Waals surface area contributed by atoms with Gasteiger partial charge in [0.15, 0.2) is 0 Å². The van der Waals surface area contributed by atoms with Gasteiger partial charge in [0.25, 0.3) is 5.91 Å². The Balaban J connectivity index is 2.04. The average molecular weight is 358 g/mol. The van der Waals surface area contributed by atoms with Crippen LogP contribution < -0.4 is 0 Å². The highest BCUT2D eigenvalue weighted by atomic mass is 127. The summed E-state index contributed by atoms with van der Waals surface area (Å²) in [5.74, 6) is 0.139. The standard InChI is InChI=1S/C13H15IN2O2/c1-10(17)15-6-8-16(9-7-15)13(18)11-4-2-3-5-12(11)14/h2-5H,6-9H2,1H3. The highest BCUT2D eigenvalue weighted by molar-refractivity contribution is 14.1. The van der Waals surface area contributed by atoms with E-state index in [4.69, 9.17) is 0 Å². The molecule has 0 unspecified atom stereocenters. The highest BCUT2D eigenvalue weighted by Gasteiger charge is 2.23. The van der Waals surface area contributed by atoms with E-state index in [1.165, 1.54) is 0 Å². The van der Waals surface area contributed by atoms with Crippen molar-refractivity contribution in [3.63, 3.8) is 0 Å². The van der Waals surface area contributed by atoms with E-state index in [1.807, 2.05) is 29.2 Å². The number of halogens is 1. The molecule has 5 heteroatoms. The lowest BCUT2D eigenvalue weighted by Crippen LogP contribution is -2.50. The molecule has 4 nitrogen and oxygen atoms in total. The van der Waals surface area contributed by atoms with Crippen molar-refractivity contribution in [3.8, 4) is 0 Å². The SMILES string of the molecule is CC(=O)N1CCN(C(=O)c2ccccc2I)CC1. The lowest BCUT2D eigenvalue weighted by molar-refractivity contribution is -0.130. The summed E-state index contributed by atoms with van der Waals surface area (Å²) in [6.45, 7) is 4.05. The van der Waals surface area contributed by atoms with Crippen LogP contribution in [0.1, 0.15) is 17.3 Å². The van der Waals surface area contributed by atoms with Gasteiger partial charge in [-0.3, -0.25) is 9.59 Å². The van der Waals surface area contributed by atoms with Gasteiger partial charge >= 0.3 is 0 Å². The third-order valence-corrected chi connectivity index (χ3v) is 4.06. The van der Waals surface area contributed by atoms with Crippen LogP contribution in [0.15, 0.2) is 24.3 Å². The maximum Gasteiger partial charge on any atom is 0.255 e. The number of hydrogen-bond donors (Lipinski definition) is 0. The van der Waals surface area contributed by atoms with Gasteiger partial charge in [-0.2, -0.15) is 0 Å². The molecule has 96 valence electrons. The fourth-order valence-corrected chi connectivity index (χ4v) is 2.65. The Morgan fingerprint density at radius 2 is 1.61 bits per heavy atom. The van der Waals surface area contributed by atoms with Gasteiger partial charge in [0.05, 0.1) is 5.56 Å². The fourth-order valence-electron chi connectivity index (χ4n) is 2.03. The Bertz CT molecular complexity index is 468. The molecule has 18 heavy (non-hydrogen) atoms. The molecule has 1 aliphatic rings. The summed E-state index contributed by atoms with van der Waals surface area (Å²) in [5.41, 5.74) is 0.745. The van der Waals surface area contributed by atoms with E-state index in [-0.39, 0.29) is 11.8 Å². The van der Waals surface area contributed by atoms with Crippen LogP contribution in [0, 0.1) is 3.57 Å². The number of amides is 2. The van der Waals surface area contributed by atoms with Gasteiger partial charge in [0.2, 0.25) is 5.91 Å². The summed E-state index contributed by atoms with van der Waals surface area (Å²) < 4.78 is 0.967. The second-order valence-corrected chi connectivity index (χ2v) is 5.44. The predicted molar refractivity (Wildman–Crippen MR) is 77.3 cm³/mol. The van der Waals surface area contributed by atoms with Gasteiger partial charge < -0.3 is 9.80 Å². The normalized spacial score (nSPS) is 15.7. The molecule has 0 atom stereocenters. The van der Waals surface area contributed by atoms with E-state index >= 15 is 0 Å². The Kier molecular flexibility index (Phi) is 4.21. The van der Waals surface area contributed by atoms with E-state index in [0.717, 1.165) is 9.13 Å². The molecule has 1 saturated heterocycles. The molecule has 1 aromatic rings. The summed E-state index contributed by atoms with van der Waals surface area (Å²) >= 11 is 2.17. The molecule has 0 radical (unpaired) electrons. The van der Waals surface area contributed by atoms with E-state index in [9.17, 15) is 9.59 Å². The number of carbonyl (C=O) groups is 2. The van der Waals surface area contributed by atoms with E-state index in [2.05, 4.69) is 22.6 Å². The molecule has 2 rings (SSSR count). The molecule has 1 aliphatic heterocycles. The zero-order valence-corrected chi connectivity index (χ0v) is 12.4. The Morgan fingerprint density at radius 3 is 2.17 bits per heavy atom. The van der Waals surface area contributed by atoms with Crippen LogP contribution in [0.4, 0.5) is 0 Å². The Morgan fingerprint density at radius 1 is 1.06 bits per heavy atom. The molecular formula is C13H15IN2O2. The molecule has 0 aromatic heterocycles. The van der Waals surface area contributed by atoms with Gasteiger partial charge in [0, 0.05) is 36.7 Å². The van der Waals surface area contributed by atoms with Gasteiger partial charge in [0.1, 0.15) is 0 Å². The van der Waals surface area contributed by atoms with Gasteiger partial charge in [-0.15, -0.1) is 0 Å². The van der Waals surface area contributed by atoms with Crippen molar-refractivity contribution in [2.75, 3.05) is 26.2 Å². The van der Waals surface area contributed by atoms with Crippen LogP contribution in [0.3, 0.4) is 0 Å². The first-order valence-electron chi connectivity index (χ1n) is 5.89. The maximum atomic E-state index is 12.3. The van der Waals surface area contributed by atoms with Gasteiger partial charge in [-0.1, -0.05) is 12.1 Å². The molecule has 0 N–H and O–H groups in total. The summed E-state index contributed by atoms with van der Waals surface area (Å²) in [5, 5.41) is 0. The third kappa shape index (κ3) is 2.82. The molecule has 1 heterocycles. The lowest BCUT2D eigenvalue weighted by atomic mass is 10.2. The number of piperazine rings is 1. The largest absolute Gasteiger partial charge is 0.339 e. The first-order chi connectivity index (χ1) is 8.59. The van der Waals surface area contributed by atoms with Crippen LogP contribution >= 0.6 is 22.6 Å². The lowest BCUT2D eigenvalue weighted by Gasteiger charge is -2.34. The summed E-state index contributed by atoms with van der Waals surface area (Å²) in [4.78, 5) is 27.1. The summed E-state index contributed by atoms with van der Waals surface area (Å²) in [6, 6.07) is 7.58. The van der Waals surface area contributed by atoms with Crippen molar-refractivity contribution < 1.29 is 9.59 Å². The van der Waals surface area contributed by atoms with Crippen LogP contribution in [0.2, 0.25) is 0 Å². The van der Waals surface area contributed by atoms with Crippen molar-refractivity contribution in [2.45, 2.75) is 6.92 Å². The smallest absolute Gasteiger partial charge is 0.255 e. The summed E-state index contributed by atoms with van der Waals surface area (Å²) in [7, 11) is 0. The Labute approximate surface area is 120 Å². The first kappa shape index (κ1) is 13.3. The predicted octanol–water partition coefficient (Wildman–Crippen LogP) is 1.60. The zero-order valence-electron chi connectivity index (χ0n) is 10.2. The van der Waals surface area contributed by atoms with Crippen LogP contribution in [-0.2, 0) is 4.79 Å². The van der Waals surface area contributed by atoms with Crippen molar-refractivity contribution in [3.05, 3.63) is 33.4 Å². The van der Waals surface area contributed by atoms with Crippen LogP contribution in [-0.4, -0.2) is 47.8 Å². The zero-order chi connectivity index (χ0) is 13.1. The number of nitrogens with zero attached hydrogens (tertiary/aromatic N) is 2. The molecule has 2 amide bonds. The van der Waals surface area contributed by atoms with Gasteiger partial charge in [-0.25, -0.2) is 0 Å². The van der Waals surface area contributed by atoms with Crippen LogP contribution in [0.25, 0.3) is 0 Å². The van der Waals surface area contributed by atoms with Crippen molar-refractivity contribution in [1.29, 1.82) is 0 Å². The Hall–Kier alpha value is -1.11. The number of rotatable bonds is 1. The molecule has 0 saturated carbocycles. The molecule has 1 fully saturated rings. The van der Waals surface area contributed by atoms with E-state index in [0.29, 0.717) is 26.2 Å². The fraction of sp³-hybridized carbons (Fsp3) is 0.385. The molecule has 0 aliphatic carbocycles. The minimum Gasteiger partial charge on any atom is -0.339 e. The molecule has 1 aromatic carbocycles. The third-order valence-electron chi connectivity index (χ3n) is 3.12. The monoisotopic (exact) mass is 358 g/mol. The minimum absolute atomic E-state index is 0.0585. The summed E-state index contributed by atoms with van der Waals surface area (Å²) in [6.07, 6.45) is 0. The van der Waals surface area contributed by atoms with E-state index < -0.39 is 0 Å². The second-order valence-electron chi connectivity index (χ2n) is 4.28. The van der Waals surface area contributed by atoms with Gasteiger partial charge in [-0.05, 0) is 34.7 Å². The number of hydrogen-bond acceptors (Lipinski definition) is 2. The molecular weight excluding hydrogens is 343 g/mol. The van der Waals surface area contributed by atoms with Crippen LogP contribution in [0.5, 0.6) is 0 Å². The van der Waals surface area contributed by atoms with Crippen molar-refractivity contribution in [1.82, 2.24) is 9.80 Å². The highest BCUT2D eigenvalue weighted by Crippen LogP contribution is 2.15. The molecule has 0 bridgehead atoms. The maximum absolute atomic E-state index is 12.3. The van der Waals surface area contributed by atoms with Crippen molar-refractivity contribution in [2.24, 2.45) is 0 Å².